The maximum Gasteiger partial charge on any atom is 0.279 e. The lowest BCUT2D eigenvalue weighted by atomic mass is 10.2. The lowest BCUT2D eigenvalue weighted by Crippen LogP contribution is -2.32. The summed E-state index contributed by atoms with van der Waals surface area (Å²) in [6, 6.07) is 10.8. The zero-order valence-corrected chi connectivity index (χ0v) is 19.7. The Labute approximate surface area is 198 Å². The number of benzene rings is 2. The summed E-state index contributed by atoms with van der Waals surface area (Å²) in [5.74, 6) is -2.17. The van der Waals surface area contributed by atoms with Crippen LogP contribution in [-0.4, -0.2) is 36.3 Å². The molecule has 1 heterocycles. The van der Waals surface area contributed by atoms with Crippen molar-refractivity contribution in [2.24, 2.45) is 4.99 Å². The van der Waals surface area contributed by atoms with Gasteiger partial charge in [-0.2, -0.15) is 19.8 Å². The second kappa shape index (κ2) is 10.7. The summed E-state index contributed by atoms with van der Waals surface area (Å²) in [5, 5.41) is 17.6. The Bertz CT molecular complexity index is 1460. The second-order valence-corrected chi connectivity index (χ2v) is 9.97. The predicted molar refractivity (Wildman–Crippen MR) is 121 cm³/mol. The van der Waals surface area contributed by atoms with E-state index in [-0.39, 0.29) is 46.7 Å². The molecule has 2 aromatic carbocycles. The highest BCUT2D eigenvalue weighted by Crippen LogP contribution is 2.23. The fraction of sp³-hybridized carbons (Fsp3) is 0.273. The van der Waals surface area contributed by atoms with E-state index in [9.17, 15) is 22.0 Å². The average molecular weight is 504 g/mol. The number of aromatic nitrogens is 1. The van der Waals surface area contributed by atoms with Gasteiger partial charge >= 0.3 is 0 Å². The number of fused-ring (bicyclic) bond motifs is 1. The van der Waals surface area contributed by atoms with Gasteiger partial charge in [0.25, 0.3) is 5.91 Å². The lowest BCUT2D eigenvalue weighted by molar-refractivity contribution is 0.0997. The molecule has 0 saturated heterocycles. The number of nitriles is 2. The van der Waals surface area contributed by atoms with Gasteiger partial charge in [0.05, 0.1) is 27.3 Å². The van der Waals surface area contributed by atoms with Gasteiger partial charge in [-0.25, -0.2) is 17.2 Å². The first-order valence-corrected chi connectivity index (χ1v) is 12.4. The van der Waals surface area contributed by atoms with Gasteiger partial charge in [-0.15, -0.1) is 0 Å². The van der Waals surface area contributed by atoms with Crippen molar-refractivity contribution in [2.75, 3.05) is 13.1 Å². The standard InChI is InChI=1S/C22H19F2N5O3S2/c1-2-29-20-18(24)13-16(23)14-19(20)33-22(29)27-21(30)15-5-7-17(8-6-15)34(31,32)28(11-3-9-25)12-4-10-26/h5-8,13-14H,2-4,11-12H2,1H3. The number of nitrogens with zero attached hydrogens (tertiary/aromatic N) is 5. The van der Waals surface area contributed by atoms with Gasteiger partial charge in [-0.1, -0.05) is 11.3 Å². The van der Waals surface area contributed by atoms with E-state index < -0.39 is 27.6 Å². The SMILES string of the molecule is CCn1c(=NC(=O)c2ccc(S(=O)(=O)N(CCC#N)CCC#N)cc2)sc2cc(F)cc(F)c21. The Kier molecular flexibility index (Phi) is 7.89. The number of aryl methyl sites for hydroxylation is 1. The smallest absolute Gasteiger partial charge is 0.279 e. The second-order valence-electron chi connectivity index (χ2n) is 7.02. The minimum absolute atomic E-state index is 0.0306. The van der Waals surface area contributed by atoms with Crippen LogP contribution in [0.4, 0.5) is 8.78 Å². The normalized spacial score (nSPS) is 12.1. The molecule has 0 fully saturated rings. The van der Waals surface area contributed by atoms with Gasteiger partial charge in [-0.05, 0) is 37.3 Å². The van der Waals surface area contributed by atoms with Crippen LogP contribution in [0.15, 0.2) is 46.3 Å². The molecular formula is C22H19F2N5O3S2. The van der Waals surface area contributed by atoms with E-state index in [1.54, 1.807) is 6.92 Å². The van der Waals surface area contributed by atoms with Gasteiger partial charge in [0.2, 0.25) is 10.0 Å². The third-order valence-corrected chi connectivity index (χ3v) is 7.83. The number of halogens is 2. The van der Waals surface area contributed by atoms with Gasteiger partial charge in [0, 0.05) is 44.1 Å². The molecule has 0 atom stereocenters. The summed E-state index contributed by atoms with van der Waals surface area (Å²) in [6.45, 7) is 1.92. The molecule has 0 unspecified atom stereocenters. The van der Waals surface area contributed by atoms with E-state index in [0.29, 0.717) is 11.2 Å². The quantitative estimate of drug-likeness (QED) is 0.466. The highest BCUT2D eigenvalue weighted by Gasteiger charge is 2.24. The first-order chi connectivity index (χ1) is 16.2. The van der Waals surface area contributed by atoms with Gasteiger partial charge in [0.15, 0.2) is 10.6 Å². The van der Waals surface area contributed by atoms with Crippen molar-refractivity contribution >= 4 is 37.5 Å². The monoisotopic (exact) mass is 503 g/mol. The number of amides is 1. The maximum absolute atomic E-state index is 14.3. The molecule has 0 N–H and O–H groups in total. The van der Waals surface area contributed by atoms with Gasteiger partial charge in [-0.3, -0.25) is 4.79 Å². The molecule has 34 heavy (non-hydrogen) atoms. The van der Waals surface area contributed by atoms with Crippen molar-refractivity contribution in [2.45, 2.75) is 31.2 Å². The zero-order valence-electron chi connectivity index (χ0n) is 18.0. The van der Waals surface area contributed by atoms with Crippen molar-refractivity contribution in [3.8, 4) is 12.1 Å². The van der Waals surface area contributed by atoms with Crippen LogP contribution in [0.2, 0.25) is 0 Å². The highest BCUT2D eigenvalue weighted by molar-refractivity contribution is 7.89. The van der Waals surface area contributed by atoms with Crippen LogP contribution in [-0.2, 0) is 16.6 Å². The largest absolute Gasteiger partial charge is 0.314 e. The van der Waals surface area contributed by atoms with Crippen LogP contribution in [0.1, 0.15) is 30.1 Å². The lowest BCUT2D eigenvalue weighted by Gasteiger charge is -2.20. The molecule has 0 aliphatic carbocycles. The molecule has 8 nitrogen and oxygen atoms in total. The molecule has 0 saturated carbocycles. The molecule has 3 aromatic rings. The van der Waals surface area contributed by atoms with Crippen LogP contribution in [0, 0.1) is 34.3 Å². The Hall–Kier alpha value is -3.45. The molecule has 0 bridgehead atoms. The molecule has 0 aliphatic rings. The first kappa shape index (κ1) is 25.2. The van der Waals surface area contributed by atoms with Crippen molar-refractivity contribution < 1.29 is 22.0 Å². The van der Waals surface area contributed by atoms with Crippen LogP contribution in [0.5, 0.6) is 0 Å². The van der Waals surface area contributed by atoms with Crippen LogP contribution in [0.3, 0.4) is 0 Å². The number of thiazole rings is 1. The Balaban J connectivity index is 1.94. The summed E-state index contributed by atoms with van der Waals surface area (Å²) in [6.07, 6.45) is -0.0611. The average Bonchev–Trinajstić information content (AvgIpc) is 3.16. The Morgan fingerprint density at radius 3 is 2.29 bits per heavy atom. The van der Waals surface area contributed by atoms with E-state index in [4.69, 9.17) is 10.5 Å². The number of carbonyl (C=O) groups is 1. The zero-order chi connectivity index (χ0) is 24.9. The number of hydrogen-bond acceptors (Lipinski definition) is 6. The summed E-state index contributed by atoms with van der Waals surface area (Å²) in [7, 11) is -3.97. The Morgan fingerprint density at radius 2 is 1.74 bits per heavy atom. The van der Waals surface area contributed by atoms with E-state index in [1.165, 1.54) is 34.9 Å². The molecule has 3 rings (SSSR count). The maximum atomic E-state index is 14.3. The number of sulfonamides is 1. The Morgan fingerprint density at radius 1 is 1.12 bits per heavy atom. The van der Waals surface area contributed by atoms with Crippen LogP contribution < -0.4 is 4.80 Å². The summed E-state index contributed by atoms with van der Waals surface area (Å²) < 4.78 is 56.4. The molecule has 0 radical (unpaired) electrons. The number of hydrogen-bond donors (Lipinski definition) is 0. The molecular weight excluding hydrogens is 484 g/mol. The van der Waals surface area contributed by atoms with Crippen LogP contribution in [0.25, 0.3) is 10.2 Å². The molecule has 12 heteroatoms. The number of rotatable bonds is 8. The van der Waals surface area contributed by atoms with E-state index >= 15 is 0 Å². The first-order valence-electron chi connectivity index (χ1n) is 10.1. The molecule has 0 aliphatic heterocycles. The summed E-state index contributed by atoms with van der Waals surface area (Å²) >= 11 is 0.967. The van der Waals surface area contributed by atoms with Gasteiger partial charge in [0.1, 0.15) is 5.82 Å². The fourth-order valence-electron chi connectivity index (χ4n) is 3.28. The van der Waals surface area contributed by atoms with Gasteiger partial charge < -0.3 is 4.57 Å². The fourth-order valence-corrected chi connectivity index (χ4v) is 5.85. The van der Waals surface area contributed by atoms with Crippen LogP contribution >= 0.6 is 11.3 Å². The third kappa shape index (κ3) is 5.20. The predicted octanol–water partition coefficient (Wildman–Crippen LogP) is 3.56. The third-order valence-electron chi connectivity index (χ3n) is 4.89. The molecule has 0 spiro atoms. The van der Waals surface area contributed by atoms with E-state index in [0.717, 1.165) is 21.7 Å². The van der Waals surface area contributed by atoms with Crippen molar-refractivity contribution in [1.82, 2.24) is 8.87 Å². The summed E-state index contributed by atoms with van der Waals surface area (Å²) in [4.78, 5) is 16.8. The highest BCUT2D eigenvalue weighted by atomic mass is 32.2. The van der Waals surface area contributed by atoms with Crippen molar-refractivity contribution in [3.05, 3.63) is 58.4 Å². The molecule has 1 amide bonds. The topological polar surface area (TPSA) is 119 Å². The van der Waals surface area contributed by atoms with E-state index in [1.807, 2.05) is 12.1 Å². The minimum Gasteiger partial charge on any atom is -0.314 e. The minimum atomic E-state index is -3.97. The van der Waals surface area contributed by atoms with Crippen molar-refractivity contribution in [3.63, 3.8) is 0 Å². The van der Waals surface area contributed by atoms with Crippen molar-refractivity contribution in [1.29, 1.82) is 10.5 Å². The number of carbonyl (C=O) groups excluding carboxylic acids is 1. The van der Waals surface area contributed by atoms with E-state index in [2.05, 4.69) is 4.99 Å². The summed E-state index contributed by atoms with van der Waals surface area (Å²) in [5.41, 5.74) is 0.253. The molecule has 1 aromatic heterocycles. The molecule has 176 valence electrons.